The summed E-state index contributed by atoms with van der Waals surface area (Å²) in [6.45, 7) is 3.12. The molecule has 1 aliphatic heterocycles. The number of benzene rings is 1. The molecule has 2 amide bonds. The summed E-state index contributed by atoms with van der Waals surface area (Å²) >= 11 is 0. The fourth-order valence-electron chi connectivity index (χ4n) is 2.75. The molecule has 2 aromatic rings. The fourth-order valence-corrected chi connectivity index (χ4v) is 2.75. The molecule has 0 bridgehead atoms. The zero-order valence-corrected chi connectivity index (χ0v) is 14.4. The van der Waals surface area contributed by atoms with Gasteiger partial charge in [-0.2, -0.15) is 4.98 Å². The van der Waals surface area contributed by atoms with Gasteiger partial charge in [0.1, 0.15) is 17.7 Å². The molecule has 0 radical (unpaired) electrons. The predicted molar refractivity (Wildman–Crippen MR) is 94.0 cm³/mol. The van der Waals surface area contributed by atoms with Gasteiger partial charge in [-0.15, -0.1) is 0 Å². The van der Waals surface area contributed by atoms with E-state index >= 15 is 0 Å². The molecule has 0 spiro atoms. The third kappa shape index (κ3) is 4.59. The van der Waals surface area contributed by atoms with Crippen LogP contribution in [0.5, 0.6) is 11.6 Å². The molecule has 0 atom stereocenters. The highest BCUT2D eigenvalue weighted by Gasteiger charge is 2.24. The molecule has 1 aromatic heterocycles. The van der Waals surface area contributed by atoms with E-state index < -0.39 is 0 Å². The van der Waals surface area contributed by atoms with Crippen molar-refractivity contribution < 1.29 is 14.3 Å². The molecule has 0 unspecified atom stereocenters. The third-order valence-electron chi connectivity index (χ3n) is 4.09. The Morgan fingerprint density at radius 1 is 1.28 bits per heavy atom. The number of hydrogen-bond acceptors (Lipinski definition) is 5. The zero-order valence-electron chi connectivity index (χ0n) is 14.4. The lowest BCUT2D eigenvalue weighted by atomic mass is 10.1. The van der Waals surface area contributed by atoms with Crippen molar-refractivity contribution in [3.63, 3.8) is 0 Å². The second-order valence-corrected chi connectivity index (χ2v) is 5.91. The van der Waals surface area contributed by atoms with Crippen molar-refractivity contribution in [3.8, 4) is 11.6 Å². The van der Waals surface area contributed by atoms with Crippen LogP contribution in [0.25, 0.3) is 0 Å². The first kappa shape index (κ1) is 17.0. The highest BCUT2D eigenvalue weighted by molar-refractivity contribution is 5.89. The minimum atomic E-state index is -0.107. The van der Waals surface area contributed by atoms with Crippen LogP contribution in [0.1, 0.15) is 18.7 Å². The number of methoxy groups -OCH3 is 1. The average Bonchev–Trinajstić information content (AvgIpc) is 2.62. The second kappa shape index (κ2) is 7.83. The van der Waals surface area contributed by atoms with Gasteiger partial charge in [-0.3, -0.25) is 0 Å². The fraction of sp³-hybridized carbons (Fsp3) is 0.389. The van der Waals surface area contributed by atoms with Crippen molar-refractivity contribution in [1.82, 2.24) is 14.9 Å². The quantitative estimate of drug-likeness (QED) is 0.924. The average molecular weight is 342 g/mol. The van der Waals surface area contributed by atoms with Gasteiger partial charge in [-0.25, -0.2) is 9.78 Å². The van der Waals surface area contributed by atoms with E-state index in [9.17, 15) is 4.79 Å². The highest BCUT2D eigenvalue weighted by Crippen LogP contribution is 2.20. The second-order valence-electron chi connectivity index (χ2n) is 5.91. The Balaban J connectivity index is 1.50. The topological polar surface area (TPSA) is 76.6 Å². The van der Waals surface area contributed by atoms with Crippen LogP contribution in [0, 0.1) is 6.92 Å². The van der Waals surface area contributed by atoms with Crippen molar-refractivity contribution in [1.29, 1.82) is 0 Å². The maximum Gasteiger partial charge on any atom is 0.321 e. The van der Waals surface area contributed by atoms with Crippen molar-refractivity contribution >= 4 is 11.7 Å². The minimum absolute atomic E-state index is 0.0650. The first-order valence-corrected chi connectivity index (χ1v) is 8.30. The summed E-state index contributed by atoms with van der Waals surface area (Å²) in [5.74, 6) is 1.99. The predicted octanol–water partition coefficient (Wildman–Crippen LogP) is 2.87. The SMILES string of the molecule is COc1cccc(NC(=O)N2CCC(Oc3ccnc(C)n3)CC2)c1. The number of carbonyl (C=O) groups excluding carboxylic acids is 1. The zero-order chi connectivity index (χ0) is 17.6. The minimum Gasteiger partial charge on any atom is -0.497 e. The van der Waals surface area contributed by atoms with Crippen molar-refractivity contribution in [3.05, 3.63) is 42.4 Å². The van der Waals surface area contributed by atoms with E-state index in [2.05, 4.69) is 15.3 Å². The number of nitrogens with zero attached hydrogens (tertiary/aromatic N) is 3. The van der Waals surface area contributed by atoms with Gasteiger partial charge in [0.15, 0.2) is 0 Å². The number of nitrogens with one attached hydrogen (secondary N) is 1. The molecule has 0 saturated carbocycles. The van der Waals surface area contributed by atoms with E-state index in [1.54, 1.807) is 30.3 Å². The molecule has 1 saturated heterocycles. The largest absolute Gasteiger partial charge is 0.497 e. The van der Waals surface area contributed by atoms with Gasteiger partial charge in [0.25, 0.3) is 0 Å². The lowest BCUT2D eigenvalue weighted by molar-refractivity contribution is 0.111. The molecule has 1 N–H and O–H groups in total. The molecule has 1 aromatic carbocycles. The number of amides is 2. The molecule has 3 rings (SSSR count). The lowest BCUT2D eigenvalue weighted by Crippen LogP contribution is -2.43. The number of ether oxygens (including phenoxy) is 2. The number of piperidine rings is 1. The number of likely N-dealkylation sites (tertiary alicyclic amines) is 1. The van der Waals surface area contributed by atoms with E-state index in [4.69, 9.17) is 9.47 Å². The summed E-state index contributed by atoms with van der Waals surface area (Å²) in [6, 6.07) is 8.98. The Kier molecular flexibility index (Phi) is 5.33. The number of hydrogen-bond donors (Lipinski definition) is 1. The van der Waals surface area contributed by atoms with Crippen molar-refractivity contribution in [2.45, 2.75) is 25.9 Å². The van der Waals surface area contributed by atoms with Crippen molar-refractivity contribution in [2.24, 2.45) is 0 Å². The van der Waals surface area contributed by atoms with Gasteiger partial charge in [0, 0.05) is 49.9 Å². The van der Waals surface area contributed by atoms with Crippen LogP contribution < -0.4 is 14.8 Å². The third-order valence-corrected chi connectivity index (χ3v) is 4.09. The van der Waals surface area contributed by atoms with Crippen LogP contribution >= 0.6 is 0 Å². The molecular formula is C18H22N4O3. The maximum absolute atomic E-state index is 12.4. The Morgan fingerprint density at radius 2 is 2.08 bits per heavy atom. The van der Waals surface area contributed by atoms with Crippen LogP contribution in [-0.2, 0) is 0 Å². The monoisotopic (exact) mass is 342 g/mol. The summed E-state index contributed by atoms with van der Waals surface area (Å²) in [7, 11) is 1.60. The Bertz CT molecular complexity index is 730. The Hall–Kier alpha value is -2.83. The molecular weight excluding hydrogens is 320 g/mol. The van der Waals surface area contributed by atoms with Gasteiger partial charge < -0.3 is 19.7 Å². The molecule has 1 fully saturated rings. The number of urea groups is 1. The van der Waals surface area contributed by atoms with E-state index in [1.807, 2.05) is 25.1 Å². The Morgan fingerprint density at radius 3 is 2.80 bits per heavy atom. The normalized spacial score (nSPS) is 14.9. The van der Waals surface area contributed by atoms with Gasteiger partial charge >= 0.3 is 6.03 Å². The van der Waals surface area contributed by atoms with Crippen LogP contribution in [0.2, 0.25) is 0 Å². The number of rotatable bonds is 4. The standard InChI is InChI=1S/C18H22N4O3/c1-13-19-9-6-17(20-13)25-15-7-10-22(11-8-15)18(23)21-14-4-3-5-16(12-14)24-2/h3-6,9,12,15H,7-8,10-11H2,1-2H3,(H,21,23). The summed E-state index contributed by atoms with van der Waals surface area (Å²) in [6.07, 6.45) is 3.30. The van der Waals surface area contributed by atoms with E-state index in [0.717, 1.165) is 18.5 Å². The van der Waals surface area contributed by atoms with E-state index in [0.29, 0.717) is 30.5 Å². The van der Waals surface area contributed by atoms with Crippen molar-refractivity contribution in [2.75, 3.05) is 25.5 Å². The van der Waals surface area contributed by atoms with E-state index in [1.165, 1.54) is 0 Å². The Labute approximate surface area is 147 Å². The summed E-state index contributed by atoms with van der Waals surface area (Å²) in [5.41, 5.74) is 0.721. The molecule has 0 aliphatic carbocycles. The van der Waals surface area contributed by atoms with Crippen LogP contribution in [0.3, 0.4) is 0 Å². The van der Waals surface area contributed by atoms with E-state index in [-0.39, 0.29) is 12.1 Å². The summed E-state index contributed by atoms with van der Waals surface area (Å²) in [5, 5.41) is 2.90. The molecule has 1 aliphatic rings. The van der Waals surface area contributed by atoms with Crippen LogP contribution in [0.15, 0.2) is 36.5 Å². The number of carbonyl (C=O) groups is 1. The molecule has 7 heteroatoms. The van der Waals surface area contributed by atoms with Gasteiger partial charge in [0.05, 0.1) is 7.11 Å². The van der Waals surface area contributed by atoms with Crippen LogP contribution in [-0.4, -0.2) is 47.2 Å². The summed E-state index contributed by atoms with van der Waals surface area (Å²) < 4.78 is 11.1. The lowest BCUT2D eigenvalue weighted by Gasteiger charge is -2.32. The smallest absolute Gasteiger partial charge is 0.321 e. The first-order valence-electron chi connectivity index (χ1n) is 8.30. The summed E-state index contributed by atoms with van der Waals surface area (Å²) in [4.78, 5) is 22.5. The molecule has 25 heavy (non-hydrogen) atoms. The highest BCUT2D eigenvalue weighted by atomic mass is 16.5. The number of aromatic nitrogens is 2. The molecule has 7 nitrogen and oxygen atoms in total. The maximum atomic E-state index is 12.4. The molecule has 2 heterocycles. The number of aryl methyl sites for hydroxylation is 1. The van der Waals surface area contributed by atoms with Crippen LogP contribution in [0.4, 0.5) is 10.5 Å². The van der Waals surface area contributed by atoms with Gasteiger partial charge in [-0.05, 0) is 19.1 Å². The first-order chi connectivity index (χ1) is 12.1. The molecule has 132 valence electrons. The van der Waals surface area contributed by atoms with Gasteiger partial charge in [0.2, 0.25) is 5.88 Å². The van der Waals surface area contributed by atoms with Gasteiger partial charge in [-0.1, -0.05) is 6.07 Å². The number of anilines is 1.